The number of fused-ring (bicyclic) bond motifs is 1. The Hall–Kier alpha value is -4.71. The number of rotatable bonds is 7. The fraction of sp³-hybridized carbons (Fsp3) is 0.100. The highest BCUT2D eigenvalue weighted by Crippen LogP contribution is 2.33. The van der Waals surface area contributed by atoms with Crippen LogP contribution in [0.2, 0.25) is 0 Å². The SMILES string of the molecule is Cc1ccc(COc2ccc(N=Nc3ccc(N=Nc4ccc(C)cc4)cc3)c3cccnc23)cc1. The van der Waals surface area contributed by atoms with Crippen molar-refractivity contribution in [3.05, 3.63) is 120 Å². The van der Waals surface area contributed by atoms with Gasteiger partial charge < -0.3 is 4.74 Å². The van der Waals surface area contributed by atoms with E-state index in [0.717, 1.165) is 39.2 Å². The number of pyridine rings is 1. The van der Waals surface area contributed by atoms with Crippen LogP contribution in [0.5, 0.6) is 5.75 Å². The van der Waals surface area contributed by atoms with Crippen molar-refractivity contribution >= 4 is 33.7 Å². The number of aromatic nitrogens is 1. The standard InChI is InChI=1S/C30H25N5O/c1-21-5-9-23(10-6-21)20-36-29-18-17-28(27-4-3-19-31-30(27)29)35-34-26-15-13-25(14-16-26)33-32-24-11-7-22(2)8-12-24/h3-19H,20H2,1-2H3. The molecule has 0 unspecified atom stereocenters. The maximum atomic E-state index is 6.08. The van der Waals surface area contributed by atoms with E-state index in [1.165, 1.54) is 11.1 Å². The molecule has 5 rings (SSSR count). The minimum absolute atomic E-state index is 0.473. The third-order valence-electron chi connectivity index (χ3n) is 5.66. The molecular formula is C30H25N5O. The predicted octanol–water partition coefficient (Wildman–Crippen LogP) is 9.26. The summed E-state index contributed by atoms with van der Waals surface area (Å²) in [6.45, 7) is 4.59. The molecule has 0 N–H and O–H groups in total. The summed E-state index contributed by atoms with van der Waals surface area (Å²) in [5.74, 6) is 0.716. The molecular weight excluding hydrogens is 446 g/mol. The molecule has 1 aromatic heterocycles. The molecule has 4 aromatic carbocycles. The van der Waals surface area contributed by atoms with Crippen LogP contribution in [0, 0.1) is 13.8 Å². The zero-order valence-corrected chi connectivity index (χ0v) is 20.2. The Kier molecular flexibility index (Phi) is 6.85. The van der Waals surface area contributed by atoms with Gasteiger partial charge in [0.2, 0.25) is 0 Å². The highest BCUT2D eigenvalue weighted by molar-refractivity contribution is 5.93. The van der Waals surface area contributed by atoms with Gasteiger partial charge in [0.05, 0.1) is 22.7 Å². The maximum Gasteiger partial charge on any atom is 0.146 e. The molecule has 1 heterocycles. The molecule has 0 saturated carbocycles. The number of hydrogen-bond acceptors (Lipinski definition) is 6. The average Bonchev–Trinajstić information content (AvgIpc) is 2.92. The first-order valence-electron chi connectivity index (χ1n) is 11.7. The molecule has 0 aliphatic heterocycles. The molecule has 0 fully saturated rings. The van der Waals surface area contributed by atoms with E-state index in [2.05, 4.69) is 56.6 Å². The van der Waals surface area contributed by atoms with Crippen LogP contribution >= 0.6 is 0 Å². The molecule has 6 heteroatoms. The first kappa shape index (κ1) is 23.1. The van der Waals surface area contributed by atoms with Crippen LogP contribution in [0.15, 0.2) is 124 Å². The quantitative estimate of drug-likeness (QED) is 0.222. The minimum Gasteiger partial charge on any atom is -0.487 e. The molecule has 0 amide bonds. The van der Waals surface area contributed by atoms with Crippen molar-refractivity contribution < 1.29 is 4.74 Å². The van der Waals surface area contributed by atoms with Crippen molar-refractivity contribution in [2.45, 2.75) is 20.5 Å². The summed E-state index contributed by atoms with van der Waals surface area (Å²) in [5, 5.41) is 18.3. The fourth-order valence-electron chi connectivity index (χ4n) is 3.61. The lowest BCUT2D eigenvalue weighted by Gasteiger charge is -2.10. The van der Waals surface area contributed by atoms with E-state index in [1.54, 1.807) is 6.20 Å². The zero-order chi connectivity index (χ0) is 24.7. The molecule has 36 heavy (non-hydrogen) atoms. The molecule has 5 aromatic rings. The summed E-state index contributed by atoms with van der Waals surface area (Å²) >= 11 is 0. The summed E-state index contributed by atoms with van der Waals surface area (Å²) < 4.78 is 6.08. The largest absolute Gasteiger partial charge is 0.487 e. The van der Waals surface area contributed by atoms with E-state index >= 15 is 0 Å². The van der Waals surface area contributed by atoms with Crippen molar-refractivity contribution in [1.29, 1.82) is 0 Å². The Bertz CT molecular complexity index is 1520. The van der Waals surface area contributed by atoms with Crippen molar-refractivity contribution in [1.82, 2.24) is 4.98 Å². The highest BCUT2D eigenvalue weighted by atomic mass is 16.5. The van der Waals surface area contributed by atoms with Gasteiger partial charge >= 0.3 is 0 Å². The normalized spacial score (nSPS) is 11.5. The Balaban J connectivity index is 1.30. The topological polar surface area (TPSA) is 71.6 Å². The monoisotopic (exact) mass is 471 g/mol. The van der Waals surface area contributed by atoms with E-state index in [0.29, 0.717) is 12.4 Å². The first-order valence-corrected chi connectivity index (χ1v) is 11.7. The molecule has 176 valence electrons. The summed E-state index contributed by atoms with van der Waals surface area (Å²) in [6.07, 6.45) is 1.76. The Morgan fingerprint density at radius 1 is 0.611 bits per heavy atom. The lowest BCUT2D eigenvalue weighted by molar-refractivity contribution is 0.309. The smallest absolute Gasteiger partial charge is 0.146 e. The number of azo groups is 2. The minimum atomic E-state index is 0.473. The van der Waals surface area contributed by atoms with Gasteiger partial charge in [-0.3, -0.25) is 4.98 Å². The molecule has 0 spiro atoms. The third-order valence-corrected chi connectivity index (χ3v) is 5.66. The second kappa shape index (κ2) is 10.7. The molecule has 0 aliphatic rings. The average molecular weight is 472 g/mol. The van der Waals surface area contributed by atoms with E-state index in [9.17, 15) is 0 Å². The van der Waals surface area contributed by atoms with E-state index in [4.69, 9.17) is 4.74 Å². The number of ether oxygens (including phenoxy) is 1. The molecule has 0 atom stereocenters. The molecule has 0 saturated heterocycles. The van der Waals surface area contributed by atoms with Crippen molar-refractivity contribution in [3.63, 3.8) is 0 Å². The van der Waals surface area contributed by atoms with Crippen molar-refractivity contribution in [2.75, 3.05) is 0 Å². The second-order valence-corrected chi connectivity index (χ2v) is 8.51. The summed E-state index contributed by atoms with van der Waals surface area (Å²) in [5.41, 5.74) is 7.29. The maximum absolute atomic E-state index is 6.08. The van der Waals surface area contributed by atoms with Crippen LogP contribution in [-0.4, -0.2) is 4.98 Å². The molecule has 6 nitrogen and oxygen atoms in total. The van der Waals surface area contributed by atoms with Crippen LogP contribution in [0.1, 0.15) is 16.7 Å². The summed E-state index contributed by atoms with van der Waals surface area (Å²) in [6, 6.07) is 31.4. The van der Waals surface area contributed by atoms with Crippen LogP contribution < -0.4 is 4.74 Å². The number of benzene rings is 4. The zero-order valence-electron chi connectivity index (χ0n) is 20.2. The van der Waals surface area contributed by atoms with Crippen LogP contribution in [0.4, 0.5) is 22.7 Å². The van der Waals surface area contributed by atoms with Gasteiger partial charge in [-0.1, -0.05) is 47.5 Å². The van der Waals surface area contributed by atoms with E-state index in [1.807, 2.05) is 79.7 Å². The van der Waals surface area contributed by atoms with Gasteiger partial charge in [0, 0.05) is 11.6 Å². The van der Waals surface area contributed by atoms with Gasteiger partial charge in [-0.15, -0.1) is 5.11 Å². The van der Waals surface area contributed by atoms with Crippen LogP contribution in [0.3, 0.4) is 0 Å². The van der Waals surface area contributed by atoms with Crippen LogP contribution in [-0.2, 0) is 6.61 Å². The van der Waals surface area contributed by atoms with Crippen molar-refractivity contribution in [3.8, 4) is 5.75 Å². The fourth-order valence-corrected chi connectivity index (χ4v) is 3.61. The Labute approximate surface area is 210 Å². The lowest BCUT2D eigenvalue weighted by Crippen LogP contribution is -1.96. The second-order valence-electron chi connectivity index (χ2n) is 8.51. The van der Waals surface area contributed by atoms with Gasteiger partial charge in [0.15, 0.2) is 0 Å². The summed E-state index contributed by atoms with van der Waals surface area (Å²) in [4.78, 5) is 4.54. The Morgan fingerprint density at radius 3 is 1.81 bits per heavy atom. The van der Waals surface area contributed by atoms with Gasteiger partial charge in [-0.05, 0) is 80.1 Å². The molecule has 0 bridgehead atoms. The van der Waals surface area contributed by atoms with Crippen LogP contribution in [0.25, 0.3) is 10.9 Å². The van der Waals surface area contributed by atoms with Gasteiger partial charge in [-0.2, -0.15) is 15.3 Å². The van der Waals surface area contributed by atoms with Gasteiger partial charge in [0.1, 0.15) is 17.9 Å². The van der Waals surface area contributed by atoms with E-state index in [-0.39, 0.29) is 0 Å². The Morgan fingerprint density at radius 2 is 1.17 bits per heavy atom. The van der Waals surface area contributed by atoms with Gasteiger partial charge in [-0.25, -0.2) is 0 Å². The first-order chi connectivity index (χ1) is 17.6. The predicted molar refractivity (Wildman–Crippen MR) is 143 cm³/mol. The number of aryl methyl sites for hydroxylation is 2. The lowest BCUT2D eigenvalue weighted by atomic mass is 10.1. The van der Waals surface area contributed by atoms with E-state index < -0.39 is 0 Å². The summed E-state index contributed by atoms with van der Waals surface area (Å²) in [7, 11) is 0. The third kappa shape index (κ3) is 5.67. The number of hydrogen-bond donors (Lipinski definition) is 0. The number of nitrogens with zero attached hydrogens (tertiary/aromatic N) is 5. The molecule has 0 radical (unpaired) electrons. The van der Waals surface area contributed by atoms with Crippen molar-refractivity contribution in [2.24, 2.45) is 20.5 Å². The highest BCUT2D eigenvalue weighted by Gasteiger charge is 2.08. The molecule has 0 aliphatic carbocycles. The van der Waals surface area contributed by atoms with Gasteiger partial charge in [0.25, 0.3) is 0 Å².